The monoisotopic (exact) mass is 439 g/mol. The minimum Gasteiger partial charge on any atom is -0.493 e. The Balaban J connectivity index is 1.40. The fourth-order valence-electron chi connectivity index (χ4n) is 2.90. The summed E-state index contributed by atoms with van der Waals surface area (Å²) in [6, 6.07) is 14.7. The molecule has 2 aliphatic heterocycles. The van der Waals surface area contributed by atoms with Gasteiger partial charge in [0.2, 0.25) is 0 Å². The molecule has 0 fully saturated rings. The summed E-state index contributed by atoms with van der Waals surface area (Å²) in [4.78, 5) is 18.0. The Morgan fingerprint density at radius 1 is 1.07 bits per heavy atom. The van der Waals surface area contributed by atoms with Gasteiger partial charge in [0.05, 0.1) is 23.8 Å². The number of nitrogens with zero attached hydrogens (tertiary/aromatic N) is 2. The van der Waals surface area contributed by atoms with Crippen molar-refractivity contribution in [2.24, 2.45) is 4.99 Å². The molecule has 152 valence electrons. The third kappa shape index (κ3) is 4.42. The number of ether oxygens (including phenoxy) is 2. The van der Waals surface area contributed by atoms with Gasteiger partial charge in [-0.2, -0.15) is 4.99 Å². The van der Waals surface area contributed by atoms with Gasteiger partial charge < -0.3 is 9.47 Å². The molecule has 8 heteroatoms. The zero-order chi connectivity index (χ0) is 20.9. The van der Waals surface area contributed by atoms with Gasteiger partial charge in [-0.3, -0.25) is 15.1 Å². The van der Waals surface area contributed by atoms with Crippen LogP contribution < -0.4 is 9.47 Å². The molecule has 2 aliphatic rings. The Bertz CT molecular complexity index is 1080. The van der Waals surface area contributed by atoms with E-state index in [1.807, 2.05) is 42.5 Å². The van der Waals surface area contributed by atoms with E-state index in [4.69, 9.17) is 26.5 Å². The van der Waals surface area contributed by atoms with E-state index in [1.165, 1.54) is 11.8 Å². The third-order valence-corrected chi connectivity index (χ3v) is 5.44. The van der Waals surface area contributed by atoms with Crippen molar-refractivity contribution in [3.05, 3.63) is 76.3 Å². The van der Waals surface area contributed by atoms with Crippen molar-refractivity contribution in [1.82, 2.24) is 4.90 Å². The molecule has 0 spiro atoms. The standard InChI is InChI=1S/C22H18ClN3O3S/c23-17-7-2-4-9-19(17)29-12-5-11-28-18-8-3-1-6-15(18)14-16-20(24)26-10-13-30-22(26)25-21(16)27/h1-4,6-10,13-14,24H,5,11-12H2/b16-14-,24-20?. The largest absolute Gasteiger partial charge is 0.493 e. The molecular formula is C22H18ClN3O3S. The Morgan fingerprint density at radius 3 is 2.57 bits per heavy atom. The summed E-state index contributed by atoms with van der Waals surface area (Å²) >= 11 is 7.40. The highest BCUT2D eigenvalue weighted by Crippen LogP contribution is 2.29. The van der Waals surface area contributed by atoms with Crippen molar-refractivity contribution >= 4 is 46.3 Å². The predicted octanol–water partition coefficient (Wildman–Crippen LogP) is 4.96. The number of rotatable bonds is 7. The van der Waals surface area contributed by atoms with E-state index in [1.54, 1.807) is 28.7 Å². The van der Waals surface area contributed by atoms with E-state index < -0.39 is 5.91 Å². The molecular weight excluding hydrogens is 422 g/mol. The summed E-state index contributed by atoms with van der Waals surface area (Å²) in [5.41, 5.74) is 0.941. The van der Waals surface area contributed by atoms with Crippen LogP contribution in [0, 0.1) is 5.41 Å². The van der Waals surface area contributed by atoms with Crippen molar-refractivity contribution in [2.45, 2.75) is 6.42 Å². The normalized spacial score (nSPS) is 16.6. The highest BCUT2D eigenvalue weighted by Gasteiger charge is 2.31. The highest BCUT2D eigenvalue weighted by molar-refractivity contribution is 8.16. The summed E-state index contributed by atoms with van der Waals surface area (Å²) in [6.45, 7) is 0.899. The van der Waals surface area contributed by atoms with Gasteiger partial charge in [0.25, 0.3) is 5.91 Å². The summed E-state index contributed by atoms with van der Waals surface area (Å²) in [5, 5.41) is 11.2. The van der Waals surface area contributed by atoms with Gasteiger partial charge in [-0.25, -0.2) is 0 Å². The van der Waals surface area contributed by atoms with Crippen LogP contribution in [0.25, 0.3) is 6.08 Å². The lowest BCUT2D eigenvalue weighted by molar-refractivity contribution is -0.114. The van der Waals surface area contributed by atoms with E-state index in [9.17, 15) is 4.79 Å². The number of carbonyl (C=O) groups excluding carboxylic acids is 1. The van der Waals surface area contributed by atoms with Crippen LogP contribution >= 0.6 is 23.4 Å². The molecule has 1 N–H and O–H groups in total. The molecule has 0 unspecified atom stereocenters. The molecule has 0 atom stereocenters. The number of amidine groups is 2. The van der Waals surface area contributed by atoms with Crippen LogP contribution in [0.2, 0.25) is 5.02 Å². The topological polar surface area (TPSA) is 75.0 Å². The smallest absolute Gasteiger partial charge is 0.283 e. The fourth-order valence-corrected chi connectivity index (χ4v) is 3.80. The molecule has 0 saturated heterocycles. The summed E-state index contributed by atoms with van der Waals surface area (Å²) in [6.07, 6.45) is 4.04. The lowest BCUT2D eigenvalue weighted by Crippen LogP contribution is -2.35. The van der Waals surface area contributed by atoms with Crippen molar-refractivity contribution in [3.63, 3.8) is 0 Å². The Labute approximate surface area is 183 Å². The van der Waals surface area contributed by atoms with Crippen molar-refractivity contribution in [3.8, 4) is 11.5 Å². The van der Waals surface area contributed by atoms with Crippen molar-refractivity contribution in [2.75, 3.05) is 13.2 Å². The lowest BCUT2D eigenvalue weighted by Gasteiger charge is -2.22. The number of nitrogens with one attached hydrogen (secondary N) is 1. The molecule has 2 aromatic carbocycles. The summed E-state index contributed by atoms with van der Waals surface area (Å²) in [5.74, 6) is 0.955. The predicted molar refractivity (Wildman–Crippen MR) is 120 cm³/mol. The van der Waals surface area contributed by atoms with E-state index >= 15 is 0 Å². The molecule has 0 radical (unpaired) electrons. The highest BCUT2D eigenvalue weighted by atomic mass is 35.5. The molecule has 0 bridgehead atoms. The Kier molecular flexibility index (Phi) is 6.21. The SMILES string of the molecule is N=C1/C(=C/c2ccccc2OCCCOc2ccccc2Cl)C(=O)N=C2SC=CN12. The van der Waals surface area contributed by atoms with Crippen LogP contribution in [0.1, 0.15) is 12.0 Å². The Morgan fingerprint density at radius 2 is 1.77 bits per heavy atom. The van der Waals surface area contributed by atoms with Crippen molar-refractivity contribution < 1.29 is 14.3 Å². The third-order valence-electron chi connectivity index (χ3n) is 4.37. The molecule has 2 aromatic rings. The first-order valence-corrected chi connectivity index (χ1v) is 10.5. The quantitative estimate of drug-likeness (QED) is 0.487. The van der Waals surface area contributed by atoms with Crippen molar-refractivity contribution in [1.29, 1.82) is 5.41 Å². The second-order valence-corrected chi connectivity index (χ2v) is 7.68. The molecule has 2 heterocycles. The number of hydrogen-bond donors (Lipinski definition) is 1. The molecule has 0 aromatic heterocycles. The van der Waals surface area contributed by atoms with Gasteiger partial charge in [0, 0.05) is 18.2 Å². The first kappa shape index (κ1) is 20.3. The van der Waals surface area contributed by atoms with Crippen LogP contribution in [0.3, 0.4) is 0 Å². The second-order valence-electron chi connectivity index (χ2n) is 6.40. The molecule has 4 rings (SSSR count). The maximum absolute atomic E-state index is 12.4. The number of hydrogen-bond acceptors (Lipinski definition) is 5. The Hall–Kier alpha value is -3.03. The van der Waals surface area contributed by atoms with Crippen LogP contribution in [0.15, 0.2) is 70.7 Å². The average molecular weight is 440 g/mol. The second kappa shape index (κ2) is 9.19. The number of para-hydroxylation sites is 2. The fraction of sp³-hybridized carbons (Fsp3) is 0.136. The summed E-state index contributed by atoms with van der Waals surface area (Å²) in [7, 11) is 0. The van der Waals surface area contributed by atoms with Crippen LogP contribution in [0.4, 0.5) is 0 Å². The zero-order valence-corrected chi connectivity index (χ0v) is 17.4. The number of benzene rings is 2. The number of thioether (sulfide) groups is 1. The van der Waals surface area contributed by atoms with E-state index in [0.717, 1.165) is 0 Å². The van der Waals surface area contributed by atoms with Gasteiger partial charge >= 0.3 is 0 Å². The van der Waals surface area contributed by atoms with E-state index in [-0.39, 0.29) is 11.4 Å². The number of aliphatic imine (C=N–C) groups is 1. The van der Waals surface area contributed by atoms with E-state index in [0.29, 0.717) is 46.9 Å². The van der Waals surface area contributed by atoms with E-state index in [2.05, 4.69) is 4.99 Å². The van der Waals surface area contributed by atoms with Gasteiger partial charge in [0.15, 0.2) is 5.17 Å². The van der Waals surface area contributed by atoms with Gasteiger partial charge in [-0.15, -0.1) is 0 Å². The maximum Gasteiger partial charge on any atom is 0.283 e. The lowest BCUT2D eigenvalue weighted by atomic mass is 10.1. The van der Waals surface area contributed by atoms with Crippen LogP contribution in [0.5, 0.6) is 11.5 Å². The minimum absolute atomic E-state index is 0.106. The van der Waals surface area contributed by atoms with Gasteiger partial charge in [-0.1, -0.05) is 53.7 Å². The van der Waals surface area contributed by atoms with Gasteiger partial charge in [-0.05, 0) is 29.7 Å². The minimum atomic E-state index is -0.426. The first-order chi connectivity index (χ1) is 14.6. The zero-order valence-electron chi connectivity index (χ0n) is 15.9. The number of fused-ring (bicyclic) bond motifs is 1. The van der Waals surface area contributed by atoms with Gasteiger partial charge in [0.1, 0.15) is 17.3 Å². The molecule has 0 saturated carbocycles. The first-order valence-electron chi connectivity index (χ1n) is 9.29. The van der Waals surface area contributed by atoms with Crippen LogP contribution in [-0.2, 0) is 4.79 Å². The average Bonchev–Trinajstić information content (AvgIpc) is 3.21. The van der Waals surface area contributed by atoms with Crippen LogP contribution in [-0.4, -0.2) is 35.0 Å². The molecule has 1 amide bonds. The maximum atomic E-state index is 12.4. The summed E-state index contributed by atoms with van der Waals surface area (Å²) < 4.78 is 11.6. The molecule has 0 aliphatic carbocycles. The number of halogens is 1. The number of amides is 1. The number of carbonyl (C=O) groups is 1. The molecule has 30 heavy (non-hydrogen) atoms. The molecule has 6 nitrogen and oxygen atoms in total.